The molecule has 0 aromatic carbocycles. The number of allylic oxidation sites excluding steroid dienone is 3. The number of rotatable bonds is 4. The van der Waals surface area contributed by atoms with Gasteiger partial charge in [-0.15, -0.1) is 0 Å². The molecule has 0 bridgehead atoms. The molecule has 0 fully saturated rings. The molecular formula is C15H18N2O2. The molecule has 0 saturated carbocycles. The van der Waals surface area contributed by atoms with Gasteiger partial charge in [-0.2, -0.15) is 5.10 Å². The van der Waals surface area contributed by atoms with Crippen molar-refractivity contribution in [3.63, 3.8) is 0 Å². The van der Waals surface area contributed by atoms with Gasteiger partial charge < -0.3 is 9.84 Å². The van der Waals surface area contributed by atoms with Crippen LogP contribution in [-0.4, -0.2) is 27.6 Å². The van der Waals surface area contributed by atoms with Crippen LogP contribution >= 0.6 is 0 Å². The third-order valence-corrected chi connectivity index (χ3v) is 3.41. The summed E-state index contributed by atoms with van der Waals surface area (Å²) >= 11 is 0. The van der Waals surface area contributed by atoms with Gasteiger partial charge in [0.05, 0.1) is 30.8 Å². The normalized spacial score (nSPS) is 18.2. The summed E-state index contributed by atoms with van der Waals surface area (Å²) in [6, 6.07) is 0. The number of ether oxygens (including phenoxy) is 1. The zero-order chi connectivity index (χ0) is 13.4. The minimum Gasteiger partial charge on any atom is -0.493 e. The number of aliphatic hydroxyl groups excluding tert-OH is 1. The highest BCUT2D eigenvalue weighted by atomic mass is 16.5. The molecule has 0 amide bonds. The molecule has 1 heterocycles. The smallest absolute Gasteiger partial charge is 0.126 e. The summed E-state index contributed by atoms with van der Waals surface area (Å²) in [5.74, 6) is 0.934. The van der Waals surface area contributed by atoms with Gasteiger partial charge in [0, 0.05) is 10.8 Å². The Kier molecular flexibility index (Phi) is 3.03. The minimum atomic E-state index is -0.400. The summed E-state index contributed by atoms with van der Waals surface area (Å²) in [6.07, 6.45) is 8.68. The highest BCUT2D eigenvalue weighted by Crippen LogP contribution is 2.28. The van der Waals surface area contributed by atoms with Crippen LogP contribution in [0.2, 0.25) is 0 Å². The Morgan fingerprint density at radius 2 is 2.37 bits per heavy atom. The van der Waals surface area contributed by atoms with Crippen molar-refractivity contribution in [3.05, 3.63) is 40.2 Å². The van der Waals surface area contributed by atoms with Gasteiger partial charge in [-0.25, -0.2) is 0 Å². The van der Waals surface area contributed by atoms with Crippen molar-refractivity contribution in [2.24, 2.45) is 0 Å². The van der Waals surface area contributed by atoms with E-state index in [0.29, 0.717) is 13.2 Å². The van der Waals surface area contributed by atoms with E-state index in [1.807, 2.05) is 23.9 Å². The largest absolute Gasteiger partial charge is 0.493 e. The van der Waals surface area contributed by atoms with Crippen LogP contribution in [0.4, 0.5) is 0 Å². The third kappa shape index (κ3) is 2.02. The molecule has 0 radical (unpaired) electrons. The summed E-state index contributed by atoms with van der Waals surface area (Å²) in [5.41, 5.74) is 2.44. The van der Waals surface area contributed by atoms with Gasteiger partial charge in [-0.3, -0.25) is 4.68 Å². The maximum absolute atomic E-state index is 9.52. The van der Waals surface area contributed by atoms with E-state index in [9.17, 15) is 5.11 Å². The fourth-order valence-electron chi connectivity index (χ4n) is 2.64. The van der Waals surface area contributed by atoms with Gasteiger partial charge in [0.15, 0.2) is 0 Å². The Bertz CT molecular complexity index is 677. The maximum Gasteiger partial charge on any atom is 0.126 e. The summed E-state index contributed by atoms with van der Waals surface area (Å²) in [7, 11) is 0. The molecule has 0 spiro atoms. The topological polar surface area (TPSA) is 47.3 Å². The number of hydrogen-bond acceptors (Lipinski definition) is 3. The third-order valence-electron chi connectivity index (χ3n) is 3.41. The predicted molar refractivity (Wildman–Crippen MR) is 73.4 cm³/mol. The molecule has 1 aromatic heterocycles. The molecule has 19 heavy (non-hydrogen) atoms. The molecule has 4 heteroatoms. The molecule has 1 aromatic rings. The van der Waals surface area contributed by atoms with E-state index >= 15 is 0 Å². The molecular weight excluding hydrogens is 240 g/mol. The van der Waals surface area contributed by atoms with E-state index < -0.39 is 6.10 Å². The zero-order valence-corrected chi connectivity index (χ0v) is 11.3. The second-order valence-electron chi connectivity index (χ2n) is 4.91. The van der Waals surface area contributed by atoms with Crippen molar-refractivity contribution in [3.8, 4) is 0 Å². The summed E-state index contributed by atoms with van der Waals surface area (Å²) in [5, 5.41) is 16.1. The van der Waals surface area contributed by atoms with E-state index in [4.69, 9.17) is 4.74 Å². The number of aliphatic hydroxyl groups is 1. The summed E-state index contributed by atoms with van der Waals surface area (Å²) in [4.78, 5) is 0. The minimum absolute atomic E-state index is 0.400. The lowest BCUT2D eigenvalue weighted by atomic mass is 9.99. The zero-order valence-electron chi connectivity index (χ0n) is 11.3. The molecule has 0 unspecified atom stereocenters. The standard InChI is InChI=1S/C15H18N2O2/c1-3-19-15-6-4-5-11-12(15)7-14-13(11)8-16-17(14)9-10(2)18/h4,6-8,10,18H,3,5,9H2,1-2H3/t10-/m1/s1. The van der Waals surface area contributed by atoms with Crippen molar-refractivity contribution in [2.45, 2.75) is 32.9 Å². The first-order valence-corrected chi connectivity index (χ1v) is 6.69. The lowest BCUT2D eigenvalue weighted by Gasteiger charge is -2.14. The first kappa shape index (κ1) is 12.2. The van der Waals surface area contributed by atoms with Gasteiger partial charge in [0.1, 0.15) is 5.76 Å². The summed E-state index contributed by atoms with van der Waals surface area (Å²) < 4.78 is 7.54. The van der Waals surface area contributed by atoms with Gasteiger partial charge in [-0.05, 0) is 38.0 Å². The molecule has 2 aliphatic carbocycles. The summed E-state index contributed by atoms with van der Waals surface area (Å²) in [6.45, 7) is 4.95. The Morgan fingerprint density at radius 1 is 1.53 bits per heavy atom. The molecule has 3 rings (SSSR count). The van der Waals surface area contributed by atoms with Crippen molar-refractivity contribution >= 4 is 11.6 Å². The number of hydrogen-bond donors (Lipinski definition) is 1. The van der Waals surface area contributed by atoms with Crippen molar-refractivity contribution in [1.29, 1.82) is 0 Å². The Hall–Kier alpha value is -1.81. The number of nitrogens with zero attached hydrogens (tertiary/aromatic N) is 2. The molecule has 100 valence electrons. The molecule has 1 atom stereocenters. The van der Waals surface area contributed by atoms with Gasteiger partial charge in [0.2, 0.25) is 0 Å². The molecule has 0 aliphatic heterocycles. The monoisotopic (exact) mass is 258 g/mol. The fourth-order valence-corrected chi connectivity index (χ4v) is 2.64. The van der Waals surface area contributed by atoms with Crippen LogP contribution in [0.3, 0.4) is 0 Å². The maximum atomic E-state index is 9.52. The van der Waals surface area contributed by atoms with Crippen LogP contribution in [0.25, 0.3) is 11.6 Å². The van der Waals surface area contributed by atoms with E-state index in [1.54, 1.807) is 6.92 Å². The Morgan fingerprint density at radius 3 is 3.11 bits per heavy atom. The number of fused-ring (bicyclic) bond motifs is 2. The van der Waals surface area contributed by atoms with E-state index in [-0.39, 0.29) is 0 Å². The average molecular weight is 258 g/mol. The highest BCUT2D eigenvalue weighted by Gasteiger charge is 2.20. The second-order valence-corrected chi connectivity index (χ2v) is 4.91. The SMILES string of the molecule is CCOC1=C2C=c3c(cnn3C[C@@H](C)O)=C2CC=C1. The van der Waals surface area contributed by atoms with Crippen molar-refractivity contribution < 1.29 is 9.84 Å². The van der Waals surface area contributed by atoms with E-state index in [0.717, 1.165) is 28.3 Å². The second kappa shape index (κ2) is 4.70. The average Bonchev–Trinajstić information content (AvgIpc) is 2.91. The van der Waals surface area contributed by atoms with Gasteiger partial charge in [0.25, 0.3) is 0 Å². The van der Waals surface area contributed by atoms with Gasteiger partial charge in [-0.1, -0.05) is 6.08 Å². The Labute approximate surface area is 112 Å². The van der Waals surface area contributed by atoms with Crippen molar-refractivity contribution in [1.82, 2.24) is 9.78 Å². The molecule has 0 saturated heterocycles. The molecule has 1 N–H and O–H groups in total. The highest BCUT2D eigenvalue weighted by molar-refractivity contribution is 5.84. The van der Waals surface area contributed by atoms with Crippen LogP contribution < -0.4 is 10.6 Å². The molecule has 2 aliphatic rings. The predicted octanol–water partition coefficient (Wildman–Crippen LogP) is 0.459. The van der Waals surface area contributed by atoms with Crippen LogP contribution in [0.1, 0.15) is 20.3 Å². The fraction of sp³-hybridized carbons (Fsp3) is 0.400. The van der Waals surface area contributed by atoms with E-state index in [2.05, 4.69) is 17.3 Å². The van der Waals surface area contributed by atoms with E-state index in [1.165, 1.54) is 5.57 Å². The quantitative estimate of drug-likeness (QED) is 0.853. The Balaban J connectivity index is 2.13. The van der Waals surface area contributed by atoms with Gasteiger partial charge >= 0.3 is 0 Å². The first-order chi connectivity index (χ1) is 9.20. The lowest BCUT2D eigenvalue weighted by molar-refractivity contribution is 0.167. The first-order valence-electron chi connectivity index (χ1n) is 6.69. The van der Waals surface area contributed by atoms with Crippen LogP contribution in [0.5, 0.6) is 0 Å². The van der Waals surface area contributed by atoms with Crippen LogP contribution in [-0.2, 0) is 11.3 Å². The van der Waals surface area contributed by atoms with Crippen molar-refractivity contribution in [2.75, 3.05) is 6.61 Å². The molecule has 4 nitrogen and oxygen atoms in total. The lowest BCUT2D eigenvalue weighted by Crippen LogP contribution is -2.30. The van der Waals surface area contributed by atoms with Crippen LogP contribution in [0, 0.1) is 0 Å². The number of aromatic nitrogens is 2. The van der Waals surface area contributed by atoms with Crippen LogP contribution in [0.15, 0.2) is 29.7 Å².